The lowest BCUT2D eigenvalue weighted by Crippen LogP contribution is -2.44. The number of rotatable bonds is 5. The highest BCUT2D eigenvalue weighted by Gasteiger charge is 2.66. The average molecular weight is 640 g/mol. The van der Waals surface area contributed by atoms with Crippen LogP contribution in [-0.2, 0) is 32.1 Å². The molecule has 1 aromatic heterocycles. The van der Waals surface area contributed by atoms with Crippen LogP contribution in [0.15, 0.2) is 12.1 Å². The molecule has 0 spiro atoms. The second kappa shape index (κ2) is 12.5. The Labute approximate surface area is 267 Å². The smallest absolute Gasteiger partial charge is 0.259 e. The lowest BCUT2D eigenvalue weighted by molar-refractivity contribution is -0.140. The fraction of sp³-hybridized carbons (Fsp3) is 0.647. The van der Waals surface area contributed by atoms with E-state index in [0.29, 0.717) is 61.7 Å². The van der Waals surface area contributed by atoms with Crippen LogP contribution in [0.1, 0.15) is 107 Å². The summed E-state index contributed by atoms with van der Waals surface area (Å²) in [7, 11) is 0. The van der Waals surface area contributed by atoms with Gasteiger partial charge in [-0.25, -0.2) is 8.78 Å². The molecule has 46 heavy (non-hydrogen) atoms. The molecule has 2 aromatic rings. The highest BCUT2D eigenvalue weighted by molar-refractivity contribution is 6.07. The van der Waals surface area contributed by atoms with E-state index in [4.69, 9.17) is 0 Å². The van der Waals surface area contributed by atoms with E-state index < -0.39 is 23.8 Å². The quantitative estimate of drug-likeness (QED) is 0.445. The third-order valence-corrected chi connectivity index (χ3v) is 10.6. The monoisotopic (exact) mass is 639 g/mol. The summed E-state index contributed by atoms with van der Waals surface area (Å²) in [6, 6.07) is 2.58. The van der Waals surface area contributed by atoms with Crippen molar-refractivity contribution in [1.29, 1.82) is 0 Å². The summed E-state index contributed by atoms with van der Waals surface area (Å²) >= 11 is 0. The Bertz CT molecular complexity index is 1590. The Morgan fingerprint density at radius 1 is 1.04 bits per heavy atom. The van der Waals surface area contributed by atoms with Crippen molar-refractivity contribution in [2.24, 2.45) is 11.3 Å². The summed E-state index contributed by atoms with van der Waals surface area (Å²) in [5.74, 6) is -5.94. The largest absolute Gasteiger partial charge is 0.355 e. The number of nitrogens with one attached hydrogen (secondary N) is 2. The molecule has 6 rings (SSSR count). The molecule has 3 heterocycles. The van der Waals surface area contributed by atoms with E-state index in [9.17, 15) is 32.8 Å². The van der Waals surface area contributed by atoms with Crippen LogP contribution >= 0.6 is 0 Å². The highest BCUT2D eigenvalue weighted by atomic mass is 19.3. The number of hydrogen-bond acceptors (Lipinski definition) is 6. The molecule has 2 bridgehead atoms. The lowest BCUT2D eigenvalue weighted by Gasteiger charge is -2.30. The van der Waals surface area contributed by atoms with Gasteiger partial charge in [-0.1, -0.05) is 26.2 Å². The Kier molecular flexibility index (Phi) is 8.75. The van der Waals surface area contributed by atoms with Gasteiger partial charge in [0.15, 0.2) is 11.6 Å². The number of aromatic nitrogens is 2. The Balaban J connectivity index is 1.38. The molecule has 3 amide bonds. The number of carbonyl (C=O) groups excluding carboxylic acids is 5. The minimum Gasteiger partial charge on any atom is -0.355 e. The molecule has 10 nitrogen and oxygen atoms in total. The lowest BCUT2D eigenvalue weighted by atomic mass is 9.85. The first kappa shape index (κ1) is 32.2. The molecular formula is C34H43F2N5O5. The van der Waals surface area contributed by atoms with Gasteiger partial charge in [-0.15, -0.1) is 0 Å². The molecule has 0 radical (unpaired) electrons. The molecule has 2 N–H and O–H groups in total. The number of benzene rings is 1. The highest BCUT2D eigenvalue weighted by Crippen LogP contribution is 2.59. The molecule has 4 atom stereocenters. The maximum Gasteiger partial charge on any atom is 0.259 e. The fourth-order valence-electron chi connectivity index (χ4n) is 7.97. The molecule has 4 aliphatic rings. The number of alkyl halides is 2. The Morgan fingerprint density at radius 2 is 1.80 bits per heavy atom. The summed E-state index contributed by atoms with van der Waals surface area (Å²) in [6.07, 6.45) is 6.23. The van der Waals surface area contributed by atoms with Crippen molar-refractivity contribution >= 4 is 45.9 Å². The van der Waals surface area contributed by atoms with E-state index in [1.54, 1.807) is 24.0 Å². The third kappa shape index (κ3) is 6.07. The van der Waals surface area contributed by atoms with Crippen molar-refractivity contribution in [1.82, 2.24) is 20.0 Å². The second-order valence-corrected chi connectivity index (χ2v) is 13.8. The van der Waals surface area contributed by atoms with Gasteiger partial charge >= 0.3 is 0 Å². The number of nitrogens with zero attached hydrogens (tertiary/aromatic N) is 3. The van der Waals surface area contributed by atoms with Crippen LogP contribution in [0.3, 0.4) is 0 Å². The number of Topliss-reactive ketones (excluding diaryl/α,β-unsaturated/α-hetero) is 2. The molecule has 12 heteroatoms. The number of amides is 3. The van der Waals surface area contributed by atoms with Gasteiger partial charge in [0.1, 0.15) is 18.2 Å². The topological polar surface area (TPSA) is 130 Å². The molecule has 248 valence electrons. The molecule has 2 aliphatic carbocycles. The summed E-state index contributed by atoms with van der Waals surface area (Å²) in [4.78, 5) is 67.3. The second-order valence-electron chi connectivity index (χ2n) is 13.8. The first-order valence-electron chi connectivity index (χ1n) is 16.8. The minimum atomic E-state index is -3.09. The summed E-state index contributed by atoms with van der Waals surface area (Å²) in [5, 5.41) is 10.8. The van der Waals surface area contributed by atoms with Crippen molar-refractivity contribution in [2.75, 3.05) is 11.9 Å². The average Bonchev–Trinajstić information content (AvgIpc) is 3.42. The zero-order valence-electron chi connectivity index (χ0n) is 26.6. The fourth-order valence-corrected chi connectivity index (χ4v) is 7.97. The molecule has 3 fully saturated rings. The molecule has 1 unspecified atom stereocenters. The number of carbonyl (C=O) groups is 5. The number of halogens is 2. The maximum atomic E-state index is 14.7. The van der Waals surface area contributed by atoms with Gasteiger partial charge < -0.3 is 15.5 Å². The van der Waals surface area contributed by atoms with Gasteiger partial charge in [0, 0.05) is 55.3 Å². The van der Waals surface area contributed by atoms with E-state index in [1.807, 2.05) is 0 Å². The minimum absolute atomic E-state index is 0.0278. The molecule has 2 saturated carbocycles. The number of ketones is 2. The molecule has 1 aromatic carbocycles. The van der Waals surface area contributed by atoms with E-state index >= 15 is 0 Å². The van der Waals surface area contributed by atoms with Crippen LogP contribution < -0.4 is 10.6 Å². The number of anilines is 1. The zero-order chi connectivity index (χ0) is 32.8. The van der Waals surface area contributed by atoms with Gasteiger partial charge in [0.2, 0.25) is 17.7 Å². The zero-order valence-corrected chi connectivity index (χ0v) is 26.6. The number of aryl methyl sites for hydroxylation is 1. The Hall–Kier alpha value is -3.70. The third-order valence-electron chi connectivity index (χ3n) is 10.6. The van der Waals surface area contributed by atoms with E-state index in [2.05, 4.69) is 15.7 Å². The van der Waals surface area contributed by atoms with Gasteiger partial charge in [-0.3, -0.25) is 28.7 Å². The predicted octanol–water partition coefficient (Wildman–Crippen LogP) is 4.96. The van der Waals surface area contributed by atoms with Crippen molar-refractivity contribution < 1.29 is 32.8 Å². The molecule has 2 aliphatic heterocycles. The van der Waals surface area contributed by atoms with Gasteiger partial charge in [-0.2, -0.15) is 5.10 Å². The molecule has 1 saturated heterocycles. The van der Waals surface area contributed by atoms with Crippen LogP contribution in [0.4, 0.5) is 14.5 Å². The molecular weight excluding hydrogens is 596 g/mol. The Morgan fingerprint density at radius 3 is 2.52 bits per heavy atom. The first-order chi connectivity index (χ1) is 21.9. The van der Waals surface area contributed by atoms with Gasteiger partial charge in [0.05, 0.1) is 11.6 Å². The standard InChI is InChI=1S/C34H43F2N5O5/c1-3-26(43)25-16-33-17-27(33)41(25)29(45)18-40-31-21(10-6-4-5-7-12-28(44)37-19-33)14-22(15-23(31)30(39-40)20(2)42)38-32(46)24-11-8-9-13-34(24,35)36/h14-15,24-25,27H,3-13,16-19H2,1-2H3,(H,37,44)(H,38,46)/t24?,25-,27+,33-/m0/s1. The SMILES string of the molecule is CCC(=O)[C@@H]1C[C@]23CNC(=O)CCCCCCc4cc(NC(=O)C5CCCCC5(F)F)cc5c(C(C)=O)nn(c45)CC(=O)N1[C@@H]2C3. The number of piperidine rings is 1. The number of hydrogen-bond donors (Lipinski definition) is 2. The maximum absolute atomic E-state index is 14.7. The van der Waals surface area contributed by atoms with Crippen LogP contribution in [0, 0.1) is 11.3 Å². The van der Waals surface area contributed by atoms with Crippen LogP contribution in [0.2, 0.25) is 0 Å². The van der Waals surface area contributed by atoms with E-state index in [-0.39, 0.29) is 66.3 Å². The van der Waals surface area contributed by atoms with E-state index in [1.165, 1.54) is 11.6 Å². The van der Waals surface area contributed by atoms with Gasteiger partial charge in [0.25, 0.3) is 5.92 Å². The first-order valence-corrected chi connectivity index (χ1v) is 16.8. The van der Waals surface area contributed by atoms with Crippen LogP contribution in [0.5, 0.6) is 0 Å². The summed E-state index contributed by atoms with van der Waals surface area (Å²) in [6.45, 7) is 3.39. The normalized spacial score (nSPS) is 28.3. The van der Waals surface area contributed by atoms with Crippen molar-refractivity contribution in [3.8, 4) is 0 Å². The van der Waals surface area contributed by atoms with Gasteiger partial charge in [-0.05, 0) is 62.6 Å². The summed E-state index contributed by atoms with van der Waals surface area (Å²) < 4.78 is 30.8. The summed E-state index contributed by atoms with van der Waals surface area (Å²) in [5.41, 5.74) is 1.44. The van der Waals surface area contributed by atoms with Crippen LogP contribution in [0.25, 0.3) is 10.9 Å². The predicted molar refractivity (Wildman–Crippen MR) is 166 cm³/mol. The van der Waals surface area contributed by atoms with Crippen molar-refractivity contribution in [2.45, 2.75) is 122 Å². The van der Waals surface area contributed by atoms with E-state index in [0.717, 1.165) is 31.2 Å². The van der Waals surface area contributed by atoms with Crippen molar-refractivity contribution in [3.63, 3.8) is 0 Å². The van der Waals surface area contributed by atoms with Crippen LogP contribution in [-0.4, -0.2) is 68.5 Å². The van der Waals surface area contributed by atoms with Crippen molar-refractivity contribution in [3.05, 3.63) is 23.4 Å².